The van der Waals surface area contributed by atoms with Gasteiger partial charge in [0.05, 0.1) is 18.5 Å². The molecule has 1 heterocycles. The lowest BCUT2D eigenvalue weighted by Gasteiger charge is -2.07. The molecular weight excluding hydrogens is 190 g/mol. The first-order chi connectivity index (χ1) is 7.22. The van der Waals surface area contributed by atoms with Gasteiger partial charge in [-0.1, -0.05) is 12.1 Å². The third kappa shape index (κ3) is 1.66. The van der Waals surface area contributed by atoms with Crippen LogP contribution in [0.4, 0.5) is 5.69 Å². The third-order valence-corrected chi connectivity index (χ3v) is 2.27. The first-order valence-corrected chi connectivity index (χ1v) is 4.67. The number of aryl methyl sites for hydroxylation is 1. The molecular formula is C11H13N3O. The van der Waals surface area contributed by atoms with Crippen molar-refractivity contribution in [2.75, 3.05) is 12.8 Å². The number of aromatic amines is 1. The van der Waals surface area contributed by atoms with Crippen LogP contribution in [0.25, 0.3) is 11.3 Å². The van der Waals surface area contributed by atoms with E-state index in [9.17, 15) is 0 Å². The van der Waals surface area contributed by atoms with Crippen molar-refractivity contribution in [3.63, 3.8) is 0 Å². The Morgan fingerprint density at radius 2 is 2.20 bits per heavy atom. The van der Waals surface area contributed by atoms with E-state index in [2.05, 4.69) is 10.2 Å². The van der Waals surface area contributed by atoms with Crippen LogP contribution in [0.1, 0.15) is 5.69 Å². The summed E-state index contributed by atoms with van der Waals surface area (Å²) in [5.74, 6) is 0.674. The number of anilines is 1. The number of nitrogens with one attached hydrogen (secondary N) is 1. The zero-order valence-corrected chi connectivity index (χ0v) is 8.74. The molecule has 1 aromatic heterocycles. The zero-order valence-electron chi connectivity index (χ0n) is 8.74. The maximum absolute atomic E-state index is 5.96. The molecule has 2 rings (SSSR count). The van der Waals surface area contributed by atoms with Gasteiger partial charge in [0.2, 0.25) is 0 Å². The van der Waals surface area contributed by atoms with Crippen molar-refractivity contribution in [3.05, 3.63) is 30.0 Å². The third-order valence-electron chi connectivity index (χ3n) is 2.27. The number of hydrogen-bond acceptors (Lipinski definition) is 3. The predicted octanol–water partition coefficient (Wildman–Crippen LogP) is 1.98. The molecule has 78 valence electrons. The van der Waals surface area contributed by atoms with Crippen molar-refractivity contribution in [1.82, 2.24) is 10.2 Å². The van der Waals surface area contributed by atoms with Gasteiger partial charge in [-0.25, -0.2) is 0 Å². The van der Waals surface area contributed by atoms with Crippen LogP contribution in [-0.4, -0.2) is 17.3 Å². The van der Waals surface area contributed by atoms with Crippen molar-refractivity contribution >= 4 is 5.69 Å². The molecule has 0 aliphatic rings. The number of para-hydroxylation sites is 1. The lowest BCUT2D eigenvalue weighted by Crippen LogP contribution is -1.95. The molecule has 0 saturated carbocycles. The maximum Gasteiger partial charge on any atom is 0.142 e. The topological polar surface area (TPSA) is 63.9 Å². The lowest BCUT2D eigenvalue weighted by molar-refractivity contribution is 0.417. The van der Waals surface area contributed by atoms with Gasteiger partial charge in [-0.05, 0) is 19.1 Å². The average Bonchev–Trinajstić information content (AvgIpc) is 2.65. The number of nitrogens with zero attached hydrogens (tertiary/aromatic N) is 1. The molecule has 4 nitrogen and oxygen atoms in total. The van der Waals surface area contributed by atoms with Crippen LogP contribution >= 0.6 is 0 Å². The van der Waals surface area contributed by atoms with E-state index in [0.717, 1.165) is 17.0 Å². The smallest absolute Gasteiger partial charge is 0.142 e. The first-order valence-electron chi connectivity index (χ1n) is 4.67. The van der Waals surface area contributed by atoms with Crippen LogP contribution in [-0.2, 0) is 0 Å². The van der Waals surface area contributed by atoms with Crippen molar-refractivity contribution in [2.24, 2.45) is 0 Å². The van der Waals surface area contributed by atoms with E-state index in [4.69, 9.17) is 10.5 Å². The number of methoxy groups -OCH3 is 1. The molecule has 0 aliphatic carbocycles. The van der Waals surface area contributed by atoms with Gasteiger partial charge in [0.15, 0.2) is 0 Å². The molecule has 0 bridgehead atoms. The molecule has 2 aromatic rings. The Balaban J connectivity index is 2.53. The second-order valence-electron chi connectivity index (χ2n) is 3.36. The Labute approximate surface area is 88.1 Å². The van der Waals surface area contributed by atoms with Gasteiger partial charge in [0.1, 0.15) is 5.75 Å². The number of hydrogen-bond donors (Lipinski definition) is 2. The number of nitrogen functional groups attached to an aromatic ring is 1. The standard InChI is InChI=1S/C11H13N3O/c1-7-6-9(14-13-7)8-4-3-5-10(15-2)11(8)12/h3-6H,12H2,1-2H3,(H,13,14). The second kappa shape index (κ2) is 3.65. The summed E-state index contributed by atoms with van der Waals surface area (Å²) in [6.07, 6.45) is 0. The number of nitrogens with two attached hydrogens (primary N) is 1. The Morgan fingerprint density at radius 1 is 1.40 bits per heavy atom. The Kier molecular flexibility index (Phi) is 2.33. The number of aromatic nitrogens is 2. The molecule has 0 spiro atoms. The quantitative estimate of drug-likeness (QED) is 0.733. The van der Waals surface area contributed by atoms with Crippen LogP contribution in [0.5, 0.6) is 5.75 Å². The van der Waals surface area contributed by atoms with Gasteiger partial charge >= 0.3 is 0 Å². The molecule has 0 unspecified atom stereocenters. The number of ether oxygens (including phenoxy) is 1. The van der Waals surface area contributed by atoms with Gasteiger partial charge in [0, 0.05) is 11.3 Å². The molecule has 0 atom stereocenters. The monoisotopic (exact) mass is 203 g/mol. The highest BCUT2D eigenvalue weighted by molar-refractivity contribution is 5.78. The van der Waals surface area contributed by atoms with Gasteiger partial charge in [-0.3, -0.25) is 5.10 Å². The van der Waals surface area contributed by atoms with E-state index in [1.54, 1.807) is 7.11 Å². The summed E-state index contributed by atoms with van der Waals surface area (Å²) in [7, 11) is 1.60. The SMILES string of the molecule is COc1cccc(-c2cc(C)[nH]n2)c1N. The number of benzene rings is 1. The molecule has 4 heteroatoms. The van der Waals surface area contributed by atoms with Gasteiger partial charge in [0.25, 0.3) is 0 Å². The number of rotatable bonds is 2. The van der Waals surface area contributed by atoms with Crippen LogP contribution in [0.2, 0.25) is 0 Å². The summed E-state index contributed by atoms with van der Waals surface area (Å²) >= 11 is 0. The van der Waals surface area contributed by atoms with E-state index in [1.165, 1.54) is 0 Å². The fourth-order valence-corrected chi connectivity index (χ4v) is 1.50. The minimum atomic E-state index is 0.617. The normalized spacial score (nSPS) is 10.3. The van der Waals surface area contributed by atoms with Crippen molar-refractivity contribution in [1.29, 1.82) is 0 Å². The van der Waals surface area contributed by atoms with E-state index in [0.29, 0.717) is 11.4 Å². The highest BCUT2D eigenvalue weighted by Crippen LogP contribution is 2.31. The van der Waals surface area contributed by atoms with Gasteiger partial charge < -0.3 is 10.5 Å². The molecule has 0 aliphatic heterocycles. The minimum Gasteiger partial charge on any atom is -0.495 e. The zero-order chi connectivity index (χ0) is 10.8. The fraction of sp³-hybridized carbons (Fsp3) is 0.182. The largest absolute Gasteiger partial charge is 0.495 e. The summed E-state index contributed by atoms with van der Waals surface area (Å²) in [4.78, 5) is 0. The molecule has 0 radical (unpaired) electrons. The fourth-order valence-electron chi connectivity index (χ4n) is 1.50. The van der Waals surface area contributed by atoms with Crippen LogP contribution in [0.15, 0.2) is 24.3 Å². The summed E-state index contributed by atoms with van der Waals surface area (Å²) in [5, 5.41) is 7.05. The van der Waals surface area contributed by atoms with E-state index < -0.39 is 0 Å². The van der Waals surface area contributed by atoms with Gasteiger partial charge in [-0.2, -0.15) is 5.10 Å². The molecule has 15 heavy (non-hydrogen) atoms. The molecule has 3 N–H and O–H groups in total. The molecule has 0 saturated heterocycles. The second-order valence-corrected chi connectivity index (χ2v) is 3.36. The first kappa shape index (κ1) is 9.58. The summed E-state index contributed by atoms with van der Waals surface area (Å²) in [6.45, 7) is 1.95. The molecule has 0 fully saturated rings. The summed E-state index contributed by atoms with van der Waals surface area (Å²) < 4.78 is 5.15. The van der Waals surface area contributed by atoms with Gasteiger partial charge in [-0.15, -0.1) is 0 Å². The Hall–Kier alpha value is -1.97. The van der Waals surface area contributed by atoms with Crippen molar-refractivity contribution in [3.8, 4) is 17.0 Å². The summed E-state index contributed by atoms with van der Waals surface area (Å²) in [6, 6.07) is 7.60. The van der Waals surface area contributed by atoms with E-state index in [1.807, 2.05) is 31.2 Å². The predicted molar refractivity (Wildman–Crippen MR) is 59.7 cm³/mol. The summed E-state index contributed by atoms with van der Waals surface area (Å²) in [5.41, 5.74) is 9.30. The van der Waals surface area contributed by atoms with Crippen LogP contribution < -0.4 is 10.5 Å². The maximum atomic E-state index is 5.96. The Bertz CT molecular complexity index is 476. The van der Waals surface area contributed by atoms with E-state index >= 15 is 0 Å². The number of H-pyrrole nitrogens is 1. The van der Waals surface area contributed by atoms with Crippen molar-refractivity contribution in [2.45, 2.75) is 6.92 Å². The van der Waals surface area contributed by atoms with Crippen molar-refractivity contribution < 1.29 is 4.74 Å². The molecule has 0 amide bonds. The lowest BCUT2D eigenvalue weighted by atomic mass is 10.1. The molecule has 1 aromatic carbocycles. The Morgan fingerprint density at radius 3 is 2.80 bits per heavy atom. The van der Waals surface area contributed by atoms with Crippen LogP contribution in [0, 0.1) is 6.92 Å². The average molecular weight is 203 g/mol. The van der Waals surface area contributed by atoms with E-state index in [-0.39, 0.29) is 0 Å². The van der Waals surface area contributed by atoms with Crippen LogP contribution in [0.3, 0.4) is 0 Å². The highest BCUT2D eigenvalue weighted by atomic mass is 16.5. The minimum absolute atomic E-state index is 0.617. The highest BCUT2D eigenvalue weighted by Gasteiger charge is 2.09.